The summed E-state index contributed by atoms with van der Waals surface area (Å²) < 4.78 is 0. The van der Waals surface area contributed by atoms with Crippen molar-refractivity contribution < 1.29 is 44.1 Å². The summed E-state index contributed by atoms with van der Waals surface area (Å²) in [6.07, 6.45) is 3.62. The van der Waals surface area contributed by atoms with Crippen LogP contribution in [0.15, 0.2) is 18.5 Å². The monoisotopic (exact) mass is 307 g/mol. The second-order valence-corrected chi connectivity index (χ2v) is 1.34. The quantitative estimate of drug-likeness (QED) is 0.696. The molecule has 1 rings (SSSR count). The average molecular weight is 307 g/mol. The molecule has 0 atom stereocenters. The van der Waals surface area contributed by atoms with Crippen molar-refractivity contribution in [1.29, 1.82) is 0 Å². The van der Waals surface area contributed by atoms with E-state index in [9.17, 15) is 0 Å². The Kier molecular flexibility index (Phi) is 4.07. The molecule has 1 nitrogen and oxygen atoms in total. The van der Waals surface area contributed by atoms with Crippen LogP contribution in [0.4, 0.5) is 0 Å². The van der Waals surface area contributed by atoms with Crippen LogP contribution in [-0.4, -0.2) is 0 Å². The zero-order valence-corrected chi connectivity index (χ0v) is 9.00. The van der Waals surface area contributed by atoms with Crippen LogP contribution < -0.4 is 4.98 Å². The maximum Gasteiger partial charge on any atom is 0 e. The van der Waals surface area contributed by atoms with Crippen LogP contribution in [0.25, 0.3) is 0 Å². The second kappa shape index (κ2) is 3.69. The zero-order chi connectivity index (χ0) is 4.41. The number of aryl methyl sites for hydroxylation is 1. The Morgan fingerprint density at radius 1 is 1.57 bits per heavy atom. The smallest absolute Gasteiger partial charge is 0 e. The van der Waals surface area contributed by atoms with Gasteiger partial charge < -0.3 is 4.98 Å². The van der Waals surface area contributed by atoms with E-state index in [1.807, 2.05) is 19.2 Å². The Hall–Kier alpha value is 0.722. The molecule has 0 aromatic carbocycles. The molecular weight excluding hydrogens is 301 g/mol. The van der Waals surface area contributed by atoms with Crippen molar-refractivity contribution in [2.45, 2.75) is 6.92 Å². The third kappa shape index (κ3) is 2.51. The molecule has 7 heavy (non-hydrogen) atoms. The molecule has 0 aliphatic carbocycles. The Morgan fingerprint density at radius 2 is 2.29 bits per heavy atom. The molecule has 35 valence electrons. The van der Waals surface area contributed by atoms with Crippen molar-refractivity contribution in [2.24, 2.45) is 0 Å². The minimum atomic E-state index is 0. The first-order chi connectivity index (χ1) is 2.89. The summed E-state index contributed by atoms with van der Waals surface area (Å²) in [6, 6.07) is 1.97. The molecule has 1 aromatic heterocycles. The van der Waals surface area contributed by atoms with Crippen molar-refractivity contribution >= 4 is 0 Å². The van der Waals surface area contributed by atoms with Gasteiger partial charge in [0, 0.05) is 44.1 Å². The van der Waals surface area contributed by atoms with Gasteiger partial charge in [0.25, 0.3) is 0 Å². The molecular formula is C5H6AcN-. The maximum atomic E-state index is 3.82. The topological polar surface area (TPSA) is 14.1 Å². The van der Waals surface area contributed by atoms with Crippen molar-refractivity contribution in [3.63, 3.8) is 0 Å². The number of hydrogen-bond acceptors (Lipinski definition) is 0. The standard InChI is InChI=1S/C5H6N.Ac/c1-5-2-3-6-4-5;/h2-4H,1H3;/q-1;. The second-order valence-electron chi connectivity index (χ2n) is 1.34. The zero-order valence-electron chi connectivity index (χ0n) is 4.26. The molecule has 0 fully saturated rings. The molecule has 0 saturated carbocycles. The first kappa shape index (κ1) is 7.72. The third-order valence-electron chi connectivity index (χ3n) is 0.702. The van der Waals surface area contributed by atoms with Crippen molar-refractivity contribution in [3.05, 3.63) is 24.0 Å². The molecule has 0 bridgehead atoms. The number of nitrogens with zero attached hydrogens (tertiary/aromatic N) is 1. The molecule has 0 N–H and O–H groups in total. The Morgan fingerprint density at radius 3 is 2.43 bits per heavy atom. The normalized spacial score (nSPS) is 7.57. The van der Waals surface area contributed by atoms with Crippen LogP contribution in [0.2, 0.25) is 0 Å². The van der Waals surface area contributed by atoms with Crippen LogP contribution in [0, 0.1) is 51.0 Å². The van der Waals surface area contributed by atoms with Crippen molar-refractivity contribution in [3.8, 4) is 0 Å². The van der Waals surface area contributed by atoms with Crippen LogP contribution >= 0.6 is 0 Å². The van der Waals surface area contributed by atoms with Crippen LogP contribution in [-0.2, 0) is 0 Å². The number of aromatic nitrogens is 1. The summed E-state index contributed by atoms with van der Waals surface area (Å²) in [5.41, 5.74) is 1.23. The fourth-order valence-corrected chi connectivity index (χ4v) is 0.364. The van der Waals surface area contributed by atoms with Gasteiger partial charge in [0.05, 0.1) is 0 Å². The van der Waals surface area contributed by atoms with E-state index in [1.54, 1.807) is 6.20 Å². The first-order valence-electron chi connectivity index (χ1n) is 1.93. The molecule has 0 aliphatic heterocycles. The van der Waals surface area contributed by atoms with Gasteiger partial charge in [-0.3, -0.25) is 0 Å². The molecule has 0 aliphatic rings. The van der Waals surface area contributed by atoms with Crippen molar-refractivity contribution in [2.75, 3.05) is 0 Å². The maximum absolute atomic E-state index is 3.82. The fourth-order valence-electron chi connectivity index (χ4n) is 0.364. The molecule has 0 spiro atoms. The van der Waals surface area contributed by atoms with E-state index in [4.69, 9.17) is 0 Å². The van der Waals surface area contributed by atoms with Crippen LogP contribution in [0.1, 0.15) is 5.56 Å². The van der Waals surface area contributed by atoms with E-state index in [0.29, 0.717) is 0 Å². The third-order valence-corrected chi connectivity index (χ3v) is 0.702. The predicted molar refractivity (Wildman–Crippen MR) is 24.5 cm³/mol. The molecule has 0 unspecified atom stereocenters. The summed E-state index contributed by atoms with van der Waals surface area (Å²) in [7, 11) is 0. The van der Waals surface area contributed by atoms with Gasteiger partial charge in [-0.05, 0) is 6.92 Å². The number of rotatable bonds is 0. The van der Waals surface area contributed by atoms with Gasteiger partial charge in [0.2, 0.25) is 0 Å². The average Bonchev–Trinajstić information content (AvgIpc) is 1.86. The first-order valence-corrected chi connectivity index (χ1v) is 1.93. The van der Waals surface area contributed by atoms with Gasteiger partial charge in [-0.2, -0.15) is 12.4 Å². The Bertz CT molecular complexity index is 112. The van der Waals surface area contributed by atoms with Gasteiger partial charge in [-0.1, -0.05) is 11.6 Å². The van der Waals surface area contributed by atoms with Gasteiger partial charge in [-0.15, -0.1) is 0 Å². The molecule has 1 aromatic rings. The molecule has 1 radical (unpaired) electrons. The summed E-state index contributed by atoms with van der Waals surface area (Å²) in [6.45, 7) is 2.02. The predicted octanol–water partition coefficient (Wildman–Crippen LogP) is 0.952. The van der Waals surface area contributed by atoms with Crippen molar-refractivity contribution in [1.82, 2.24) is 4.98 Å². The minimum absolute atomic E-state index is 0. The molecule has 0 saturated heterocycles. The molecule has 2 heteroatoms. The van der Waals surface area contributed by atoms with E-state index >= 15 is 0 Å². The summed E-state index contributed by atoms with van der Waals surface area (Å²) in [5.74, 6) is 0. The van der Waals surface area contributed by atoms with E-state index < -0.39 is 0 Å². The van der Waals surface area contributed by atoms with Gasteiger partial charge in [-0.25, -0.2) is 0 Å². The van der Waals surface area contributed by atoms with Crippen LogP contribution in [0.5, 0.6) is 0 Å². The van der Waals surface area contributed by atoms with Gasteiger partial charge >= 0.3 is 0 Å². The van der Waals surface area contributed by atoms with Gasteiger partial charge in [0.15, 0.2) is 0 Å². The summed E-state index contributed by atoms with van der Waals surface area (Å²) in [4.78, 5) is 3.82. The summed E-state index contributed by atoms with van der Waals surface area (Å²) in [5, 5.41) is 0. The SMILES string of the molecule is Cc1cc[n-]c1.[Ac]. The summed E-state index contributed by atoms with van der Waals surface area (Å²) >= 11 is 0. The molecule has 0 amide bonds. The van der Waals surface area contributed by atoms with E-state index in [-0.39, 0.29) is 44.1 Å². The number of hydrogen-bond donors (Lipinski definition) is 0. The van der Waals surface area contributed by atoms with E-state index in [1.165, 1.54) is 5.56 Å². The largest absolute Gasteiger partial charge is 0.670 e. The van der Waals surface area contributed by atoms with Crippen LogP contribution in [0.3, 0.4) is 0 Å². The van der Waals surface area contributed by atoms with E-state index in [0.717, 1.165) is 0 Å². The Labute approximate surface area is 79.1 Å². The van der Waals surface area contributed by atoms with Gasteiger partial charge in [0.1, 0.15) is 0 Å². The minimum Gasteiger partial charge on any atom is -0.670 e. The Balaban J connectivity index is 0.000000360. The fraction of sp³-hybridized carbons (Fsp3) is 0.200. The molecule has 1 heterocycles. The van der Waals surface area contributed by atoms with E-state index in [2.05, 4.69) is 4.98 Å².